The summed E-state index contributed by atoms with van der Waals surface area (Å²) in [5.74, 6) is -0.00186. The molecule has 0 aromatic heterocycles. The summed E-state index contributed by atoms with van der Waals surface area (Å²) in [5.41, 5.74) is 2.24. The molecule has 0 saturated carbocycles. The van der Waals surface area contributed by atoms with Crippen LogP contribution in [0.4, 0.5) is 0 Å². The zero-order chi connectivity index (χ0) is 13.5. The molecule has 0 spiro atoms. The Hall–Kier alpha value is -1.77. The van der Waals surface area contributed by atoms with E-state index in [1.165, 1.54) is 12.7 Å². The van der Waals surface area contributed by atoms with Crippen molar-refractivity contribution in [3.05, 3.63) is 41.5 Å². The maximum Gasteiger partial charge on any atom is 0.306 e. The van der Waals surface area contributed by atoms with E-state index >= 15 is 0 Å². The SMILES string of the molecule is CC/C(C)=C/[C@H](CC(=O)OC)c1ccc(O)cc1. The molecule has 0 aliphatic heterocycles. The van der Waals surface area contributed by atoms with Crippen molar-refractivity contribution in [3.63, 3.8) is 0 Å². The predicted octanol–water partition coefficient (Wildman–Crippen LogP) is 3.40. The Morgan fingerprint density at radius 2 is 2.00 bits per heavy atom. The fourth-order valence-electron chi connectivity index (χ4n) is 1.72. The lowest BCUT2D eigenvalue weighted by molar-refractivity contribution is -0.140. The number of hydrogen-bond acceptors (Lipinski definition) is 3. The molecule has 0 radical (unpaired) electrons. The zero-order valence-corrected chi connectivity index (χ0v) is 11.1. The Bertz CT molecular complexity index is 418. The van der Waals surface area contributed by atoms with E-state index in [0.717, 1.165) is 12.0 Å². The first-order chi connectivity index (χ1) is 8.56. The van der Waals surface area contributed by atoms with Gasteiger partial charge in [0.1, 0.15) is 5.75 Å². The average molecular weight is 248 g/mol. The minimum absolute atomic E-state index is 0.00185. The molecule has 0 saturated heterocycles. The van der Waals surface area contributed by atoms with Crippen LogP contribution in [0.25, 0.3) is 0 Å². The van der Waals surface area contributed by atoms with Crippen molar-refractivity contribution in [2.75, 3.05) is 7.11 Å². The Morgan fingerprint density at radius 3 is 2.50 bits per heavy atom. The quantitative estimate of drug-likeness (QED) is 0.641. The number of phenolic OH excluding ortho intramolecular Hbond substituents is 1. The van der Waals surface area contributed by atoms with Gasteiger partial charge in [0.2, 0.25) is 0 Å². The number of methoxy groups -OCH3 is 1. The minimum Gasteiger partial charge on any atom is -0.508 e. The molecular formula is C15H20O3. The average Bonchev–Trinajstić information content (AvgIpc) is 2.38. The largest absolute Gasteiger partial charge is 0.508 e. The number of carbonyl (C=O) groups excluding carboxylic acids is 1. The zero-order valence-electron chi connectivity index (χ0n) is 11.1. The highest BCUT2D eigenvalue weighted by Crippen LogP contribution is 2.25. The Balaban J connectivity index is 2.96. The molecule has 18 heavy (non-hydrogen) atoms. The molecule has 1 rings (SSSR count). The van der Waals surface area contributed by atoms with Gasteiger partial charge in [0, 0.05) is 5.92 Å². The number of benzene rings is 1. The number of aromatic hydroxyl groups is 1. The van der Waals surface area contributed by atoms with Crippen molar-refractivity contribution in [2.24, 2.45) is 0 Å². The molecule has 0 aliphatic carbocycles. The molecule has 1 atom stereocenters. The Morgan fingerprint density at radius 1 is 1.39 bits per heavy atom. The topological polar surface area (TPSA) is 46.5 Å². The lowest BCUT2D eigenvalue weighted by Crippen LogP contribution is -2.07. The van der Waals surface area contributed by atoms with Crippen LogP contribution in [0.5, 0.6) is 5.75 Å². The summed E-state index contributed by atoms with van der Waals surface area (Å²) in [6, 6.07) is 6.94. The fraction of sp³-hybridized carbons (Fsp3) is 0.400. The van der Waals surface area contributed by atoms with E-state index in [1.54, 1.807) is 12.1 Å². The third kappa shape index (κ3) is 4.24. The fourth-order valence-corrected chi connectivity index (χ4v) is 1.72. The number of rotatable bonds is 5. The first-order valence-corrected chi connectivity index (χ1v) is 6.09. The van der Waals surface area contributed by atoms with Crippen LogP contribution in [0, 0.1) is 0 Å². The van der Waals surface area contributed by atoms with Gasteiger partial charge in [0.15, 0.2) is 0 Å². The van der Waals surface area contributed by atoms with E-state index in [-0.39, 0.29) is 17.6 Å². The van der Waals surface area contributed by atoms with Crippen LogP contribution in [0.15, 0.2) is 35.9 Å². The highest BCUT2D eigenvalue weighted by molar-refractivity contribution is 5.70. The van der Waals surface area contributed by atoms with Gasteiger partial charge < -0.3 is 9.84 Å². The summed E-state index contributed by atoms with van der Waals surface area (Å²) < 4.78 is 4.72. The van der Waals surface area contributed by atoms with Gasteiger partial charge in [-0.25, -0.2) is 0 Å². The van der Waals surface area contributed by atoms with E-state index in [1.807, 2.05) is 19.1 Å². The number of hydrogen-bond donors (Lipinski definition) is 1. The van der Waals surface area contributed by atoms with Crippen molar-refractivity contribution >= 4 is 5.97 Å². The third-order valence-corrected chi connectivity index (χ3v) is 2.98. The van der Waals surface area contributed by atoms with Crippen LogP contribution in [0.2, 0.25) is 0 Å². The Labute approximate surface area is 108 Å². The van der Waals surface area contributed by atoms with Crippen LogP contribution in [-0.4, -0.2) is 18.2 Å². The lowest BCUT2D eigenvalue weighted by Gasteiger charge is -2.13. The summed E-state index contributed by atoms with van der Waals surface area (Å²) in [5, 5.41) is 9.29. The number of carbonyl (C=O) groups is 1. The number of esters is 1. The molecule has 1 N–H and O–H groups in total. The Kier molecular flexibility index (Phi) is 5.43. The molecule has 1 aromatic rings. The minimum atomic E-state index is -0.228. The number of ether oxygens (including phenoxy) is 1. The van der Waals surface area contributed by atoms with Gasteiger partial charge in [-0.15, -0.1) is 0 Å². The summed E-state index contributed by atoms with van der Waals surface area (Å²) in [7, 11) is 1.40. The van der Waals surface area contributed by atoms with E-state index in [4.69, 9.17) is 4.74 Å². The second-order valence-corrected chi connectivity index (χ2v) is 4.34. The van der Waals surface area contributed by atoms with Crippen LogP contribution >= 0.6 is 0 Å². The molecule has 0 heterocycles. The molecule has 98 valence electrons. The van der Waals surface area contributed by atoms with Gasteiger partial charge >= 0.3 is 5.97 Å². The first kappa shape index (κ1) is 14.3. The number of allylic oxidation sites excluding steroid dienone is 2. The van der Waals surface area contributed by atoms with Crippen LogP contribution in [-0.2, 0) is 9.53 Å². The molecule has 1 aromatic carbocycles. The van der Waals surface area contributed by atoms with Crippen molar-refractivity contribution < 1.29 is 14.6 Å². The molecule has 0 bridgehead atoms. The van der Waals surface area contributed by atoms with Gasteiger partial charge in [-0.1, -0.05) is 30.7 Å². The van der Waals surface area contributed by atoms with Gasteiger partial charge in [0.25, 0.3) is 0 Å². The lowest BCUT2D eigenvalue weighted by atomic mass is 9.93. The summed E-state index contributed by atoms with van der Waals surface area (Å²) >= 11 is 0. The van der Waals surface area contributed by atoms with Gasteiger partial charge in [0.05, 0.1) is 13.5 Å². The molecule has 3 nitrogen and oxygen atoms in total. The van der Waals surface area contributed by atoms with Crippen molar-refractivity contribution in [3.8, 4) is 5.75 Å². The maximum absolute atomic E-state index is 11.4. The molecule has 0 aliphatic rings. The van der Waals surface area contributed by atoms with Gasteiger partial charge in [-0.05, 0) is 31.0 Å². The second kappa shape index (κ2) is 6.84. The molecule has 0 amide bonds. The predicted molar refractivity (Wildman–Crippen MR) is 71.5 cm³/mol. The van der Waals surface area contributed by atoms with Crippen LogP contribution in [0.3, 0.4) is 0 Å². The molecule has 0 unspecified atom stereocenters. The first-order valence-electron chi connectivity index (χ1n) is 6.09. The molecular weight excluding hydrogens is 228 g/mol. The van der Waals surface area contributed by atoms with E-state index in [9.17, 15) is 9.90 Å². The van der Waals surface area contributed by atoms with Crippen LogP contribution < -0.4 is 0 Å². The third-order valence-electron chi connectivity index (χ3n) is 2.98. The van der Waals surface area contributed by atoms with E-state index in [2.05, 4.69) is 13.0 Å². The summed E-state index contributed by atoms with van der Waals surface area (Å²) in [6.45, 7) is 4.13. The maximum atomic E-state index is 11.4. The monoisotopic (exact) mass is 248 g/mol. The van der Waals surface area contributed by atoms with E-state index in [0.29, 0.717) is 6.42 Å². The van der Waals surface area contributed by atoms with Crippen LogP contribution in [0.1, 0.15) is 38.2 Å². The van der Waals surface area contributed by atoms with Crippen molar-refractivity contribution in [1.29, 1.82) is 0 Å². The number of phenols is 1. The standard InChI is InChI=1S/C15H20O3/c1-4-11(2)9-13(10-15(17)18-3)12-5-7-14(16)8-6-12/h5-9,13,16H,4,10H2,1-3H3/b11-9+/t13-/m1/s1. The van der Waals surface area contributed by atoms with Gasteiger partial charge in [-0.2, -0.15) is 0 Å². The summed E-state index contributed by atoms with van der Waals surface area (Å²) in [4.78, 5) is 11.4. The highest BCUT2D eigenvalue weighted by atomic mass is 16.5. The normalized spacial score (nSPS) is 13.2. The summed E-state index contributed by atoms with van der Waals surface area (Å²) in [6.07, 6.45) is 3.36. The second-order valence-electron chi connectivity index (χ2n) is 4.34. The van der Waals surface area contributed by atoms with Crippen molar-refractivity contribution in [2.45, 2.75) is 32.6 Å². The van der Waals surface area contributed by atoms with Crippen molar-refractivity contribution in [1.82, 2.24) is 0 Å². The smallest absolute Gasteiger partial charge is 0.306 e. The molecule has 3 heteroatoms. The molecule has 0 fully saturated rings. The highest BCUT2D eigenvalue weighted by Gasteiger charge is 2.14. The van der Waals surface area contributed by atoms with Gasteiger partial charge in [-0.3, -0.25) is 4.79 Å². The van der Waals surface area contributed by atoms with E-state index < -0.39 is 0 Å².